The molecule has 0 unspecified atom stereocenters. The van der Waals surface area contributed by atoms with E-state index in [1.165, 1.54) is 12.8 Å². The van der Waals surface area contributed by atoms with Crippen LogP contribution in [0.1, 0.15) is 33.1 Å². The molecule has 1 aliphatic heterocycles. The van der Waals surface area contributed by atoms with Crippen molar-refractivity contribution in [1.29, 1.82) is 0 Å². The standard InChI is InChI=1S/C10H16O2/c1-6-3-4-9-8(5-6)7(2)10(11)12-9/h6-9H,3-5H2,1-2H3/t6-,7+,8+,9+/m1/s1. The molecule has 2 heteroatoms. The van der Waals surface area contributed by atoms with Crippen LogP contribution in [0.4, 0.5) is 0 Å². The van der Waals surface area contributed by atoms with E-state index in [0.717, 1.165) is 12.3 Å². The predicted molar refractivity (Wildman–Crippen MR) is 45.5 cm³/mol. The van der Waals surface area contributed by atoms with Crippen LogP contribution in [0, 0.1) is 17.8 Å². The fraction of sp³-hybridized carbons (Fsp3) is 0.900. The lowest BCUT2D eigenvalue weighted by molar-refractivity contribution is -0.144. The first-order valence-corrected chi connectivity index (χ1v) is 4.89. The zero-order valence-corrected chi connectivity index (χ0v) is 7.75. The van der Waals surface area contributed by atoms with E-state index >= 15 is 0 Å². The largest absolute Gasteiger partial charge is 0.462 e. The van der Waals surface area contributed by atoms with Crippen molar-refractivity contribution in [1.82, 2.24) is 0 Å². The molecule has 1 aliphatic carbocycles. The Morgan fingerprint density at radius 3 is 2.83 bits per heavy atom. The van der Waals surface area contributed by atoms with Crippen LogP contribution >= 0.6 is 0 Å². The van der Waals surface area contributed by atoms with Crippen molar-refractivity contribution >= 4 is 5.97 Å². The van der Waals surface area contributed by atoms with Crippen molar-refractivity contribution < 1.29 is 9.53 Å². The van der Waals surface area contributed by atoms with Gasteiger partial charge in [-0.25, -0.2) is 0 Å². The summed E-state index contributed by atoms with van der Waals surface area (Å²) >= 11 is 0. The molecule has 2 aliphatic rings. The average molecular weight is 168 g/mol. The lowest BCUT2D eigenvalue weighted by atomic mass is 9.76. The molecule has 0 N–H and O–H groups in total. The number of carbonyl (C=O) groups is 1. The monoisotopic (exact) mass is 168 g/mol. The molecule has 68 valence electrons. The summed E-state index contributed by atoms with van der Waals surface area (Å²) < 4.78 is 5.29. The summed E-state index contributed by atoms with van der Waals surface area (Å²) in [7, 11) is 0. The van der Waals surface area contributed by atoms with Crippen LogP contribution in [-0.2, 0) is 9.53 Å². The lowest BCUT2D eigenvalue weighted by Crippen LogP contribution is -2.27. The van der Waals surface area contributed by atoms with E-state index in [2.05, 4.69) is 6.92 Å². The summed E-state index contributed by atoms with van der Waals surface area (Å²) in [4.78, 5) is 11.2. The first kappa shape index (κ1) is 8.09. The number of ether oxygens (including phenoxy) is 1. The first-order valence-electron chi connectivity index (χ1n) is 4.89. The van der Waals surface area contributed by atoms with Crippen LogP contribution in [0.3, 0.4) is 0 Å². The third-order valence-corrected chi connectivity index (χ3v) is 3.38. The fourth-order valence-electron chi connectivity index (χ4n) is 2.50. The summed E-state index contributed by atoms with van der Waals surface area (Å²) in [5.41, 5.74) is 0. The van der Waals surface area contributed by atoms with Gasteiger partial charge in [-0.05, 0) is 25.2 Å². The molecule has 1 saturated heterocycles. The Hall–Kier alpha value is -0.530. The Morgan fingerprint density at radius 2 is 2.08 bits per heavy atom. The van der Waals surface area contributed by atoms with E-state index in [4.69, 9.17) is 4.74 Å². The number of esters is 1. The van der Waals surface area contributed by atoms with Crippen molar-refractivity contribution in [2.24, 2.45) is 17.8 Å². The molecule has 4 atom stereocenters. The van der Waals surface area contributed by atoms with Crippen molar-refractivity contribution in [3.05, 3.63) is 0 Å². The van der Waals surface area contributed by atoms with Gasteiger partial charge in [-0.15, -0.1) is 0 Å². The van der Waals surface area contributed by atoms with Crippen molar-refractivity contribution in [3.8, 4) is 0 Å². The Bertz CT molecular complexity index is 200. The molecule has 0 radical (unpaired) electrons. The maximum absolute atomic E-state index is 11.2. The minimum absolute atomic E-state index is 0.0269. The summed E-state index contributed by atoms with van der Waals surface area (Å²) in [6.45, 7) is 4.27. The van der Waals surface area contributed by atoms with E-state index in [-0.39, 0.29) is 18.0 Å². The van der Waals surface area contributed by atoms with Gasteiger partial charge in [-0.1, -0.05) is 13.8 Å². The molecule has 0 bridgehead atoms. The SMILES string of the molecule is C[C@@H]1CC[C@@H]2OC(=O)[C@@H](C)[C@@H]2C1. The maximum Gasteiger partial charge on any atom is 0.309 e. The number of hydrogen-bond acceptors (Lipinski definition) is 2. The smallest absolute Gasteiger partial charge is 0.309 e. The summed E-state index contributed by atoms with van der Waals surface area (Å²) in [6.07, 6.45) is 3.74. The molecular formula is C10H16O2. The highest BCUT2D eigenvalue weighted by Gasteiger charge is 2.44. The van der Waals surface area contributed by atoms with Crippen LogP contribution in [0.2, 0.25) is 0 Å². The molecular weight excluding hydrogens is 152 g/mol. The second-order valence-corrected chi connectivity index (χ2v) is 4.35. The van der Waals surface area contributed by atoms with Crippen LogP contribution in [0.25, 0.3) is 0 Å². The van der Waals surface area contributed by atoms with E-state index in [1.54, 1.807) is 0 Å². The van der Waals surface area contributed by atoms with Gasteiger partial charge in [0.15, 0.2) is 0 Å². The Labute approximate surface area is 73.3 Å². The summed E-state index contributed by atoms with van der Waals surface area (Å²) in [6, 6.07) is 0. The third kappa shape index (κ3) is 1.13. The van der Waals surface area contributed by atoms with E-state index < -0.39 is 0 Å². The van der Waals surface area contributed by atoms with E-state index in [9.17, 15) is 4.79 Å². The van der Waals surface area contributed by atoms with Crippen molar-refractivity contribution in [3.63, 3.8) is 0 Å². The van der Waals surface area contributed by atoms with Gasteiger partial charge in [-0.3, -0.25) is 4.79 Å². The number of carbonyl (C=O) groups excluding carboxylic acids is 1. The van der Waals surface area contributed by atoms with E-state index in [0.29, 0.717) is 5.92 Å². The zero-order valence-electron chi connectivity index (χ0n) is 7.75. The van der Waals surface area contributed by atoms with E-state index in [1.807, 2.05) is 6.92 Å². The van der Waals surface area contributed by atoms with Gasteiger partial charge in [0.25, 0.3) is 0 Å². The van der Waals surface area contributed by atoms with Crippen molar-refractivity contribution in [2.75, 3.05) is 0 Å². The van der Waals surface area contributed by atoms with Gasteiger partial charge in [-0.2, -0.15) is 0 Å². The lowest BCUT2D eigenvalue weighted by Gasteiger charge is -2.28. The maximum atomic E-state index is 11.2. The van der Waals surface area contributed by atoms with Crippen molar-refractivity contribution in [2.45, 2.75) is 39.2 Å². The number of hydrogen-bond donors (Lipinski definition) is 0. The highest BCUT2D eigenvalue weighted by atomic mass is 16.6. The molecule has 2 rings (SSSR count). The van der Waals surface area contributed by atoms with Gasteiger partial charge in [0.1, 0.15) is 6.10 Å². The molecule has 0 aromatic carbocycles. The number of rotatable bonds is 0. The first-order chi connectivity index (χ1) is 5.68. The topological polar surface area (TPSA) is 26.3 Å². The fourth-order valence-corrected chi connectivity index (χ4v) is 2.50. The Morgan fingerprint density at radius 1 is 1.33 bits per heavy atom. The minimum Gasteiger partial charge on any atom is -0.462 e. The summed E-state index contributed by atoms with van der Waals surface area (Å²) in [5, 5.41) is 0. The van der Waals surface area contributed by atoms with Gasteiger partial charge in [0.05, 0.1) is 5.92 Å². The van der Waals surface area contributed by atoms with Gasteiger partial charge < -0.3 is 4.74 Å². The average Bonchev–Trinajstić information content (AvgIpc) is 2.31. The second kappa shape index (κ2) is 2.75. The second-order valence-electron chi connectivity index (χ2n) is 4.35. The Kier molecular flexibility index (Phi) is 1.85. The molecule has 1 saturated carbocycles. The molecule has 2 fully saturated rings. The minimum atomic E-state index is 0.0269. The molecule has 0 aromatic rings. The van der Waals surface area contributed by atoms with Crippen LogP contribution in [0.15, 0.2) is 0 Å². The highest BCUT2D eigenvalue weighted by Crippen LogP contribution is 2.40. The molecule has 1 heterocycles. The van der Waals surface area contributed by atoms with Gasteiger partial charge in [0.2, 0.25) is 0 Å². The number of fused-ring (bicyclic) bond motifs is 1. The van der Waals surface area contributed by atoms with Crippen LogP contribution in [-0.4, -0.2) is 12.1 Å². The van der Waals surface area contributed by atoms with Gasteiger partial charge in [0, 0.05) is 5.92 Å². The molecule has 12 heavy (non-hydrogen) atoms. The molecule has 0 spiro atoms. The zero-order chi connectivity index (χ0) is 8.72. The Balaban J connectivity index is 2.10. The molecule has 0 amide bonds. The van der Waals surface area contributed by atoms with Gasteiger partial charge >= 0.3 is 5.97 Å². The predicted octanol–water partition coefficient (Wildman–Crippen LogP) is 1.98. The third-order valence-electron chi connectivity index (χ3n) is 3.38. The van der Waals surface area contributed by atoms with Crippen LogP contribution in [0.5, 0.6) is 0 Å². The van der Waals surface area contributed by atoms with Crippen LogP contribution < -0.4 is 0 Å². The summed E-state index contributed by atoms with van der Waals surface area (Å²) in [5.74, 6) is 1.47. The molecule has 0 aromatic heterocycles. The molecule has 2 nitrogen and oxygen atoms in total. The quantitative estimate of drug-likeness (QED) is 0.517. The highest BCUT2D eigenvalue weighted by molar-refractivity contribution is 5.74. The normalized spacial score (nSPS) is 47.0.